The third-order valence-corrected chi connectivity index (χ3v) is 2.66. The van der Waals surface area contributed by atoms with E-state index >= 15 is 0 Å². The van der Waals surface area contributed by atoms with Gasteiger partial charge in [-0.1, -0.05) is 26.8 Å². The van der Waals surface area contributed by atoms with Gasteiger partial charge in [0.1, 0.15) is 0 Å². The molecule has 0 aliphatic heterocycles. The van der Waals surface area contributed by atoms with Crippen molar-refractivity contribution in [1.82, 2.24) is 15.2 Å². The number of hydrogen-bond donors (Lipinski definition) is 1. The predicted octanol–water partition coefficient (Wildman–Crippen LogP) is 2.15. The van der Waals surface area contributed by atoms with Gasteiger partial charge in [0, 0.05) is 25.3 Å². The van der Waals surface area contributed by atoms with E-state index < -0.39 is 0 Å². The molecule has 0 fully saturated rings. The second kappa shape index (κ2) is 7.41. The molecule has 3 heteroatoms. The summed E-state index contributed by atoms with van der Waals surface area (Å²) >= 11 is 0. The van der Waals surface area contributed by atoms with E-state index in [0.717, 1.165) is 25.3 Å². The monoisotopic (exact) mass is 235 g/mol. The molecule has 0 saturated heterocycles. The van der Waals surface area contributed by atoms with Crippen LogP contribution < -0.4 is 5.32 Å². The van der Waals surface area contributed by atoms with E-state index in [4.69, 9.17) is 0 Å². The van der Waals surface area contributed by atoms with Crippen molar-refractivity contribution in [2.75, 3.05) is 20.1 Å². The van der Waals surface area contributed by atoms with Gasteiger partial charge in [-0.25, -0.2) is 0 Å². The minimum Gasteiger partial charge on any atom is -0.314 e. The average molecular weight is 235 g/mol. The van der Waals surface area contributed by atoms with Crippen LogP contribution >= 0.6 is 0 Å². The van der Waals surface area contributed by atoms with Crippen molar-refractivity contribution < 1.29 is 0 Å². The first-order chi connectivity index (χ1) is 8.08. The Kier molecular flexibility index (Phi) is 6.16. The molecule has 0 aliphatic rings. The predicted molar refractivity (Wildman–Crippen MR) is 72.9 cm³/mol. The van der Waals surface area contributed by atoms with E-state index in [1.54, 1.807) is 0 Å². The fraction of sp³-hybridized carbons (Fsp3) is 0.643. The number of aromatic nitrogens is 1. The highest BCUT2D eigenvalue weighted by Gasteiger charge is 2.07. The lowest BCUT2D eigenvalue weighted by atomic mass is 10.1. The molecule has 1 unspecified atom stereocenters. The Labute approximate surface area is 105 Å². The lowest BCUT2D eigenvalue weighted by molar-refractivity contribution is 0.268. The van der Waals surface area contributed by atoms with Gasteiger partial charge in [0.25, 0.3) is 0 Å². The Balaban J connectivity index is 2.27. The second-order valence-electron chi connectivity index (χ2n) is 5.19. The van der Waals surface area contributed by atoms with Crippen LogP contribution in [-0.4, -0.2) is 36.1 Å². The van der Waals surface area contributed by atoms with E-state index in [1.165, 1.54) is 0 Å². The highest BCUT2D eigenvalue weighted by Crippen LogP contribution is 2.02. The van der Waals surface area contributed by atoms with Crippen molar-refractivity contribution in [3.8, 4) is 0 Å². The van der Waals surface area contributed by atoms with E-state index in [0.29, 0.717) is 12.0 Å². The van der Waals surface area contributed by atoms with Crippen molar-refractivity contribution in [2.24, 2.45) is 5.92 Å². The van der Waals surface area contributed by atoms with Crippen LogP contribution in [0.3, 0.4) is 0 Å². The molecule has 3 nitrogen and oxygen atoms in total. The van der Waals surface area contributed by atoms with Gasteiger partial charge in [0.2, 0.25) is 0 Å². The maximum Gasteiger partial charge on any atom is 0.0543 e. The summed E-state index contributed by atoms with van der Waals surface area (Å²) in [5.74, 6) is 0.658. The number of pyridine rings is 1. The van der Waals surface area contributed by atoms with Crippen molar-refractivity contribution in [2.45, 2.75) is 33.4 Å². The van der Waals surface area contributed by atoms with Crippen LogP contribution in [0.25, 0.3) is 0 Å². The molecule has 0 radical (unpaired) electrons. The third-order valence-electron chi connectivity index (χ3n) is 2.66. The zero-order valence-corrected chi connectivity index (χ0v) is 11.5. The van der Waals surface area contributed by atoms with Crippen LogP contribution in [0.4, 0.5) is 0 Å². The molecule has 0 bridgehead atoms. The molecule has 17 heavy (non-hydrogen) atoms. The molecule has 0 spiro atoms. The minimum atomic E-state index is 0.568. The number of rotatable bonds is 7. The van der Waals surface area contributed by atoms with Crippen LogP contribution in [0.5, 0.6) is 0 Å². The Morgan fingerprint density at radius 3 is 2.65 bits per heavy atom. The van der Waals surface area contributed by atoms with E-state index in [9.17, 15) is 0 Å². The van der Waals surface area contributed by atoms with Gasteiger partial charge in [-0.15, -0.1) is 0 Å². The normalized spacial score (nSPS) is 13.3. The van der Waals surface area contributed by atoms with Gasteiger partial charge >= 0.3 is 0 Å². The summed E-state index contributed by atoms with van der Waals surface area (Å²) < 4.78 is 0. The average Bonchev–Trinajstić information content (AvgIpc) is 2.27. The lowest BCUT2D eigenvalue weighted by Gasteiger charge is -2.22. The zero-order chi connectivity index (χ0) is 12.7. The van der Waals surface area contributed by atoms with Gasteiger partial charge < -0.3 is 10.2 Å². The largest absolute Gasteiger partial charge is 0.314 e. The Morgan fingerprint density at radius 1 is 1.29 bits per heavy atom. The molecule has 1 heterocycles. The SMILES string of the molecule is CC(CNC(C)C)CN(C)Cc1ccccn1. The molecule has 0 aromatic carbocycles. The van der Waals surface area contributed by atoms with Crippen LogP contribution in [0.1, 0.15) is 26.5 Å². The van der Waals surface area contributed by atoms with Crippen LogP contribution in [0.2, 0.25) is 0 Å². The van der Waals surface area contributed by atoms with Crippen LogP contribution in [-0.2, 0) is 6.54 Å². The highest BCUT2D eigenvalue weighted by molar-refractivity contribution is 5.02. The molecule has 1 atom stereocenters. The van der Waals surface area contributed by atoms with Crippen molar-refractivity contribution in [3.63, 3.8) is 0 Å². The van der Waals surface area contributed by atoms with Crippen molar-refractivity contribution in [3.05, 3.63) is 30.1 Å². The Morgan fingerprint density at radius 2 is 2.06 bits per heavy atom. The summed E-state index contributed by atoms with van der Waals surface area (Å²) in [6.45, 7) is 9.74. The molecule has 0 saturated carbocycles. The topological polar surface area (TPSA) is 28.2 Å². The highest BCUT2D eigenvalue weighted by atomic mass is 15.1. The van der Waals surface area contributed by atoms with Crippen LogP contribution in [0, 0.1) is 5.92 Å². The fourth-order valence-corrected chi connectivity index (χ4v) is 1.87. The maximum absolute atomic E-state index is 4.34. The quantitative estimate of drug-likeness (QED) is 0.785. The van der Waals surface area contributed by atoms with Gasteiger partial charge in [-0.2, -0.15) is 0 Å². The second-order valence-corrected chi connectivity index (χ2v) is 5.19. The summed E-state index contributed by atoms with van der Waals surface area (Å²) in [6.07, 6.45) is 1.85. The Bertz CT molecular complexity index is 298. The summed E-state index contributed by atoms with van der Waals surface area (Å²) in [6, 6.07) is 6.64. The van der Waals surface area contributed by atoms with E-state index in [1.807, 2.05) is 18.3 Å². The van der Waals surface area contributed by atoms with Gasteiger partial charge in [-0.05, 0) is 31.6 Å². The van der Waals surface area contributed by atoms with Gasteiger partial charge in [-0.3, -0.25) is 4.98 Å². The van der Waals surface area contributed by atoms with Crippen molar-refractivity contribution >= 4 is 0 Å². The van der Waals surface area contributed by atoms with Gasteiger partial charge in [0.05, 0.1) is 5.69 Å². The van der Waals surface area contributed by atoms with E-state index in [-0.39, 0.29) is 0 Å². The first-order valence-electron chi connectivity index (χ1n) is 6.39. The summed E-state index contributed by atoms with van der Waals surface area (Å²) in [7, 11) is 2.15. The number of hydrogen-bond acceptors (Lipinski definition) is 3. The lowest BCUT2D eigenvalue weighted by Crippen LogP contribution is -2.33. The number of nitrogens with zero attached hydrogens (tertiary/aromatic N) is 2. The summed E-state index contributed by atoms with van der Waals surface area (Å²) in [4.78, 5) is 6.67. The fourth-order valence-electron chi connectivity index (χ4n) is 1.87. The molecular weight excluding hydrogens is 210 g/mol. The molecule has 1 rings (SSSR count). The Hall–Kier alpha value is -0.930. The van der Waals surface area contributed by atoms with Crippen LogP contribution in [0.15, 0.2) is 24.4 Å². The molecule has 1 aromatic heterocycles. The minimum absolute atomic E-state index is 0.568. The zero-order valence-electron chi connectivity index (χ0n) is 11.5. The number of nitrogens with one attached hydrogen (secondary N) is 1. The third kappa shape index (κ3) is 6.39. The molecular formula is C14H25N3. The van der Waals surface area contributed by atoms with E-state index in [2.05, 4.69) is 49.1 Å². The first kappa shape index (κ1) is 14.1. The molecule has 0 amide bonds. The first-order valence-corrected chi connectivity index (χ1v) is 6.39. The molecule has 1 aromatic rings. The summed E-state index contributed by atoms with van der Waals surface area (Å²) in [5, 5.41) is 3.47. The molecule has 0 aliphatic carbocycles. The maximum atomic E-state index is 4.34. The molecule has 96 valence electrons. The summed E-state index contributed by atoms with van der Waals surface area (Å²) in [5.41, 5.74) is 1.14. The smallest absolute Gasteiger partial charge is 0.0543 e. The molecule has 1 N–H and O–H groups in total. The van der Waals surface area contributed by atoms with Crippen molar-refractivity contribution in [1.29, 1.82) is 0 Å². The van der Waals surface area contributed by atoms with Gasteiger partial charge in [0.15, 0.2) is 0 Å². The standard InChI is InChI=1S/C14H25N3/c1-12(2)16-9-13(3)10-17(4)11-14-7-5-6-8-15-14/h5-8,12-13,16H,9-11H2,1-4H3.